The molecule has 0 saturated heterocycles. The van der Waals surface area contributed by atoms with Crippen LogP contribution < -0.4 is 0 Å². The molecular formula is C11H9F2NO2S. The summed E-state index contributed by atoms with van der Waals surface area (Å²) in [6, 6.07) is 4.13. The van der Waals surface area contributed by atoms with Gasteiger partial charge in [0, 0.05) is 0 Å². The lowest BCUT2D eigenvalue weighted by Crippen LogP contribution is -2.23. The Morgan fingerprint density at radius 3 is 2.41 bits per heavy atom. The first-order chi connectivity index (χ1) is 7.85. The molecule has 0 N–H and O–H groups in total. The van der Waals surface area contributed by atoms with Gasteiger partial charge in [-0.25, -0.2) is 17.2 Å². The maximum Gasteiger partial charge on any atom is 0.197 e. The molecule has 0 aromatic heterocycles. The van der Waals surface area contributed by atoms with Gasteiger partial charge in [-0.2, -0.15) is 5.26 Å². The van der Waals surface area contributed by atoms with Crippen LogP contribution >= 0.6 is 0 Å². The summed E-state index contributed by atoms with van der Waals surface area (Å²) in [5.74, 6) is -2.63. The molecule has 0 amide bonds. The Bertz CT molecular complexity index is 621. The summed E-state index contributed by atoms with van der Waals surface area (Å²) in [5, 5.41) is 8.95. The van der Waals surface area contributed by atoms with Crippen LogP contribution in [0.2, 0.25) is 0 Å². The van der Waals surface area contributed by atoms with Crippen molar-refractivity contribution in [3.8, 4) is 6.07 Å². The molecule has 17 heavy (non-hydrogen) atoms. The third-order valence-corrected chi connectivity index (χ3v) is 5.61. The number of sulfone groups is 1. The van der Waals surface area contributed by atoms with Crippen LogP contribution in [0.3, 0.4) is 0 Å². The molecular weight excluding hydrogens is 248 g/mol. The number of nitriles is 1. The predicted octanol–water partition coefficient (Wildman–Crippen LogP) is 2.04. The van der Waals surface area contributed by atoms with Crippen molar-refractivity contribution in [2.45, 2.75) is 23.0 Å². The minimum Gasteiger partial charge on any atom is -0.222 e. The van der Waals surface area contributed by atoms with Crippen molar-refractivity contribution in [3.63, 3.8) is 0 Å². The number of rotatable bonds is 2. The van der Waals surface area contributed by atoms with Crippen LogP contribution in [0.4, 0.5) is 8.78 Å². The average Bonchev–Trinajstić information content (AvgIpc) is 2.95. The highest BCUT2D eigenvalue weighted by atomic mass is 32.2. The zero-order chi connectivity index (χ0) is 12.8. The van der Waals surface area contributed by atoms with Crippen molar-refractivity contribution in [2.24, 2.45) is 5.92 Å². The molecule has 1 aromatic carbocycles. The van der Waals surface area contributed by atoms with E-state index in [2.05, 4.69) is 0 Å². The molecule has 1 fully saturated rings. The van der Waals surface area contributed by atoms with Gasteiger partial charge in [0.15, 0.2) is 26.2 Å². The minimum atomic E-state index is -3.93. The van der Waals surface area contributed by atoms with Gasteiger partial charge in [0.2, 0.25) is 0 Å². The topological polar surface area (TPSA) is 57.9 Å². The monoisotopic (exact) mass is 257 g/mol. The van der Waals surface area contributed by atoms with E-state index in [-0.39, 0.29) is 17.2 Å². The van der Waals surface area contributed by atoms with Crippen LogP contribution in [0.15, 0.2) is 23.1 Å². The van der Waals surface area contributed by atoms with E-state index >= 15 is 0 Å². The van der Waals surface area contributed by atoms with Gasteiger partial charge in [-0.15, -0.1) is 0 Å². The number of nitrogens with zero attached hydrogens (tertiary/aromatic N) is 1. The van der Waals surface area contributed by atoms with Crippen LogP contribution in [0.25, 0.3) is 0 Å². The first-order valence-corrected chi connectivity index (χ1v) is 6.44. The third-order valence-electron chi connectivity index (χ3n) is 3.12. The lowest BCUT2D eigenvalue weighted by molar-refractivity contribution is 0.504. The fraction of sp³-hybridized carbons (Fsp3) is 0.364. The predicted molar refractivity (Wildman–Crippen MR) is 55.7 cm³/mol. The number of benzene rings is 1. The summed E-state index contributed by atoms with van der Waals surface area (Å²) in [4.78, 5) is -0.345. The van der Waals surface area contributed by atoms with Crippen molar-refractivity contribution in [2.75, 3.05) is 0 Å². The van der Waals surface area contributed by atoms with Gasteiger partial charge in [0.1, 0.15) is 0 Å². The molecule has 2 unspecified atom stereocenters. The standard InChI is InChI=1S/C11H9F2NO2S/c1-7-5-11(7,6-14)17(15,16)8-2-3-9(12)10(13)4-8/h2-4,7H,5H2,1H3. The zero-order valence-corrected chi connectivity index (χ0v) is 9.76. The van der Waals surface area contributed by atoms with Crippen LogP contribution in [0, 0.1) is 28.9 Å². The lowest BCUT2D eigenvalue weighted by atomic mass is 10.3. The fourth-order valence-electron chi connectivity index (χ4n) is 1.84. The molecule has 0 spiro atoms. The van der Waals surface area contributed by atoms with Gasteiger partial charge in [-0.05, 0) is 30.5 Å². The van der Waals surface area contributed by atoms with Crippen LogP contribution in [0.1, 0.15) is 13.3 Å². The minimum absolute atomic E-state index is 0.227. The highest BCUT2D eigenvalue weighted by molar-refractivity contribution is 7.93. The average molecular weight is 257 g/mol. The summed E-state index contributed by atoms with van der Waals surface area (Å²) < 4.78 is 48.5. The number of halogens is 2. The SMILES string of the molecule is CC1CC1(C#N)S(=O)(=O)c1ccc(F)c(F)c1. The molecule has 0 aliphatic heterocycles. The van der Waals surface area contributed by atoms with E-state index in [1.165, 1.54) is 0 Å². The Morgan fingerprint density at radius 1 is 1.41 bits per heavy atom. The van der Waals surface area contributed by atoms with E-state index in [1.54, 1.807) is 13.0 Å². The first kappa shape index (κ1) is 12.0. The van der Waals surface area contributed by atoms with Crippen LogP contribution in [0.5, 0.6) is 0 Å². The normalized spacial score (nSPS) is 27.5. The Labute approximate surface area is 97.6 Å². The Balaban J connectivity index is 2.54. The van der Waals surface area contributed by atoms with E-state index in [9.17, 15) is 17.2 Å². The quantitative estimate of drug-likeness (QED) is 0.762. The second kappa shape index (κ2) is 3.50. The molecule has 1 aliphatic rings. The fourth-order valence-corrected chi connectivity index (χ4v) is 3.89. The molecule has 0 bridgehead atoms. The Kier molecular flexibility index (Phi) is 2.47. The zero-order valence-electron chi connectivity index (χ0n) is 8.94. The van der Waals surface area contributed by atoms with E-state index in [0.717, 1.165) is 12.1 Å². The molecule has 0 radical (unpaired) electrons. The van der Waals surface area contributed by atoms with Gasteiger partial charge in [-0.3, -0.25) is 0 Å². The smallest absolute Gasteiger partial charge is 0.197 e. The van der Waals surface area contributed by atoms with Crippen molar-refractivity contribution in [1.29, 1.82) is 5.26 Å². The van der Waals surface area contributed by atoms with Crippen molar-refractivity contribution in [1.82, 2.24) is 0 Å². The molecule has 2 atom stereocenters. The Morgan fingerprint density at radius 2 is 2.00 bits per heavy atom. The van der Waals surface area contributed by atoms with Gasteiger partial charge in [0.25, 0.3) is 0 Å². The highest BCUT2D eigenvalue weighted by Gasteiger charge is 2.62. The molecule has 1 aromatic rings. The molecule has 2 rings (SSSR count). The van der Waals surface area contributed by atoms with Crippen LogP contribution in [-0.4, -0.2) is 13.2 Å². The summed E-state index contributed by atoms with van der Waals surface area (Å²) in [5.41, 5.74) is 0. The summed E-state index contributed by atoms with van der Waals surface area (Å²) >= 11 is 0. The first-order valence-electron chi connectivity index (χ1n) is 4.96. The Hall–Kier alpha value is -1.48. The maximum atomic E-state index is 13.0. The number of hydrogen-bond donors (Lipinski definition) is 0. The van der Waals surface area contributed by atoms with Gasteiger partial charge in [-0.1, -0.05) is 6.92 Å². The maximum absolute atomic E-state index is 13.0. The largest absolute Gasteiger partial charge is 0.222 e. The lowest BCUT2D eigenvalue weighted by Gasteiger charge is -2.09. The van der Waals surface area contributed by atoms with E-state index in [1.807, 2.05) is 0 Å². The molecule has 3 nitrogen and oxygen atoms in total. The molecule has 1 saturated carbocycles. The van der Waals surface area contributed by atoms with Crippen LogP contribution in [-0.2, 0) is 9.84 Å². The second-order valence-corrected chi connectivity index (χ2v) is 6.39. The molecule has 90 valence electrons. The third kappa shape index (κ3) is 1.53. The second-order valence-electron chi connectivity index (χ2n) is 4.19. The van der Waals surface area contributed by atoms with E-state index in [4.69, 9.17) is 5.26 Å². The summed E-state index contributed by atoms with van der Waals surface area (Å²) in [7, 11) is -3.93. The highest BCUT2D eigenvalue weighted by Crippen LogP contribution is 2.51. The molecule has 0 heterocycles. The van der Waals surface area contributed by atoms with E-state index < -0.39 is 26.2 Å². The summed E-state index contributed by atoms with van der Waals surface area (Å²) in [6.07, 6.45) is 0.227. The van der Waals surface area contributed by atoms with Crippen molar-refractivity contribution in [3.05, 3.63) is 29.8 Å². The molecule has 1 aliphatic carbocycles. The van der Waals surface area contributed by atoms with E-state index in [0.29, 0.717) is 6.07 Å². The van der Waals surface area contributed by atoms with Crippen molar-refractivity contribution >= 4 is 9.84 Å². The summed E-state index contributed by atoms with van der Waals surface area (Å²) in [6.45, 7) is 1.64. The van der Waals surface area contributed by atoms with Gasteiger partial charge < -0.3 is 0 Å². The van der Waals surface area contributed by atoms with Gasteiger partial charge >= 0.3 is 0 Å². The molecule has 6 heteroatoms. The van der Waals surface area contributed by atoms with Gasteiger partial charge in [0.05, 0.1) is 11.0 Å². The van der Waals surface area contributed by atoms with Crippen molar-refractivity contribution < 1.29 is 17.2 Å². The number of hydrogen-bond acceptors (Lipinski definition) is 3.